The molecule has 1 aromatic rings. The van der Waals surface area contributed by atoms with Crippen molar-refractivity contribution in [3.05, 3.63) is 12.4 Å². The number of aryl methyl sites for hydroxylation is 1. The van der Waals surface area contributed by atoms with Crippen LogP contribution in [0.3, 0.4) is 0 Å². The van der Waals surface area contributed by atoms with Crippen LogP contribution in [0.25, 0.3) is 0 Å². The molecule has 0 radical (unpaired) electrons. The summed E-state index contributed by atoms with van der Waals surface area (Å²) in [6.45, 7) is 5.05. The summed E-state index contributed by atoms with van der Waals surface area (Å²) in [6.07, 6.45) is 4.35. The number of carbonyl (C=O) groups excluding carboxylic acids is 2. The Morgan fingerprint density at radius 2 is 2.16 bits per heavy atom. The van der Waals surface area contributed by atoms with Gasteiger partial charge in [-0.25, -0.2) is 0 Å². The molecular formula is C12H20N4O3. The minimum Gasteiger partial charge on any atom is -0.465 e. The Kier molecular flexibility index (Phi) is 6.56. The Bertz CT molecular complexity index is 392. The zero-order valence-electron chi connectivity index (χ0n) is 11.4. The monoisotopic (exact) mass is 268 g/mol. The first-order valence-electron chi connectivity index (χ1n) is 6.44. The van der Waals surface area contributed by atoms with Crippen LogP contribution in [0.5, 0.6) is 0 Å². The smallest absolute Gasteiger partial charge is 0.325 e. The number of hydrogen-bond donors (Lipinski definition) is 0. The van der Waals surface area contributed by atoms with Gasteiger partial charge in [-0.3, -0.25) is 14.3 Å². The third-order valence-electron chi connectivity index (χ3n) is 2.50. The number of aromatic nitrogens is 3. The van der Waals surface area contributed by atoms with E-state index in [-0.39, 0.29) is 18.4 Å². The van der Waals surface area contributed by atoms with Gasteiger partial charge in [0.1, 0.15) is 6.54 Å². The molecule has 0 aliphatic heterocycles. The SMILES string of the molecule is CCCN(CC(=O)OCC)C(=O)CCn1ccnn1. The van der Waals surface area contributed by atoms with E-state index >= 15 is 0 Å². The second-order valence-electron chi connectivity index (χ2n) is 4.04. The molecule has 7 heteroatoms. The van der Waals surface area contributed by atoms with E-state index in [2.05, 4.69) is 10.3 Å². The standard InChI is InChI=1S/C12H20N4O3/c1-3-7-15(10-12(18)19-4-2)11(17)5-8-16-9-6-13-14-16/h6,9H,3-5,7-8,10H2,1-2H3. The molecule has 0 aliphatic rings. The van der Waals surface area contributed by atoms with Gasteiger partial charge in [0.15, 0.2) is 0 Å². The summed E-state index contributed by atoms with van der Waals surface area (Å²) < 4.78 is 6.45. The van der Waals surface area contributed by atoms with Gasteiger partial charge in [0, 0.05) is 19.2 Å². The Balaban J connectivity index is 2.45. The van der Waals surface area contributed by atoms with Gasteiger partial charge >= 0.3 is 5.97 Å². The third-order valence-corrected chi connectivity index (χ3v) is 2.50. The van der Waals surface area contributed by atoms with E-state index in [1.54, 1.807) is 24.0 Å². The molecule has 0 atom stereocenters. The fraction of sp³-hybridized carbons (Fsp3) is 0.667. The Morgan fingerprint density at radius 1 is 1.37 bits per heavy atom. The van der Waals surface area contributed by atoms with Crippen LogP contribution < -0.4 is 0 Å². The van der Waals surface area contributed by atoms with E-state index in [9.17, 15) is 9.59 Å². The van der Waals surface area contributed by atoms with Crippen molar-refractivity contribution in [2.45, 2.75) is 33.2 Å². The van der Waals surface area contributed by atoms with Crippen LogP contribution in [0.2, 0.25) is 0 Å². The van der Waals surface area contributed by atoms with E-state index in [0.717, 1.165) is 6.42 Å². The molecule has 0 spiro atoms. The maximum absolute atomic E-state index is 12.0. The number of nitrogens with zero attached hydrogens (tertiary/aromatic N) is 4. The van der Waals surface area contributed by atoms with Crippen LogP contribution in [0, 0.1) is 0 Å². The van der Waals surface area contributed by atoms with Crippen LogP contribution in [0.15, 0.2) is 12.4 Å². The van der Waals surface area contributed by atoms with Crippen molar-refractivity contribution in [2.24, 2.45) is 0 Å². The summed E-state index contributed by atoms with van der Waals surface area (Å²) in [6, 6.07) is 0. The molecule has 0 saturated carbocycles. The zero-order chi connectivity index (χ0) is 14.1. The molecule has 0 fully saturated rings. The molecule has 1 heterocycles. The minimum absolute atomic E-state index is 0.0118. The first-order valence-corrected chi connectivity index (χ1v) is 6.44. The molecule has 106 valence electrons. The van der Waals surface area contributed by atoms with Gasteiger partial charge in [0.2, 0.25) is 5.91 Å². The van der Waals surface area contributed by atoms with Gasteiger partial charge < -0.3 is 9.64 Å². The Morgan fingerprint density at radius 3 is 2.74 bits per heavy atom. The van der Waals surface area contributed by atoms with Gasteiger partial charge in [-0.2, -0.15) is 0 Å². The highest BCUT2D eigenvalue weighted by molar-refractivity contribution is 5.82. The van der Waals surface area contributed by atoms with Gasteiger partial charge in [-0.15, -0.1) is 5.10 Å². The van der Waals surface area contributed by atoms with E-state index in [1.165, 1.54) is 4.90 Å². The van der Waals surface area contributed by atoms with Gasteiger partial charge in [-0.1, -0.05) is 12.1 Å². The van der Waals surface area contributed by atoms with Gasteiger partial charge in [0.25, 0.3) is 0 Å². The molecule has 1 amide bonds. The van der Waals surface area contributed by atoms with Crippen LogP contribution in [0.1, 0.15) is 26.7 Å². The van der Waals surface area contributed by atoms with Crippen molar-refractivity contribution < 1.29 is 14.3 Å². The number of carbonyl (C=O) groups is 2. The summed E-state index contributed by atoms with van der Waals surface area (Å²) >= 11 is 0. The maximum atomic E-state index is 12.0. The largest absolute Gasteiger partial charge is 0.465 e. The third kappa shape index (κ3) is 5.50. The van der Waals surface area contributed by atoms with Crippen LogP contribution >= 0.6 is 0 Å². The van der Waals surface area contributed by atoms with E-state index in [1.807, 2.05) is 6.92 Å². The number of ether oxygens (including phenoxy) is 1. The fourth-order valence-electron chi connectivity index (χ4n) is 1.64. The molecular weight excluding hydrogens is 248 g/mol. The van der Waals surface area contributed by atoms with Crippen molar-refractivity contribution in [1.82, 2.24) is 19.9 Å². The molecule has 0 aromatic carbocycles. The second-order valence-corrected chi connectivity index (χ2v) is 4.04. The number of rotatable bonds is 8. The minimum atomic E-state index is -0.370. The molecule has 0 bridgehead atoms. The summed E-state index contributed by atoms with van der Waals surface area (Å²) in [7, 11) is 0. The van der Waals surface area contributed by atoms with E-state index in [4.69, 9.17) is 4.74 Å². The fourth-order valence-corrected chi connectivity index (χ4v) is 1.64. The number of esters is 1. The summed E-state index contributed by atoms with van der Waals surface area (Å²) in [5.41, 5.74) is 0. The first-order chi connectivity index (χ1) is 9.17. The lowest BCUT2D eigenvalue weighted by Gasteiger charge is -2.20. The summed E-state index contributed by atoms with van der Waals surface area (Å²) in [4.78, 5) is 25.0. The Labute approximate surface area is 112 Å². The molecule has 0 aliphatic carbocycles. The molecule has 0 unspecified atom stereocenters. The molecule has 0 saturated heterocycles. The average Bonchev–Trinajstić information content (AvgIpc) is 2.89. The summed E-state index contributed by atoms with van der Waals surface area (Å²) in [5.74, 6) is -0.449. The maximum Gasteiger partial charge on any atom is 0.325 e. The average molecular weight is 268 g/mol. The number of hydrogen-bond acceptors (Lipinski definition) is 5. The van der Waals surface area contributed by atoms with Crippen molar-refractivity contribution >= 4 is 11.9 Å². The van der Waals surface area contributed by atoms with Crippen molar-refractivity contribution in [2.75, 3.05) is 19.7 Å². The van der Waals surface area contributed by atoms with Crippen molar-refractivity contribution in [1.29, 1.82) is 0 Å². The highest BCUT2D eigenvalue weighted by Crippen LogP contribution is 2.00. The highest BCUT2D eigenvalue weighted by atomic mass is 16.5. The van der Waals surface area contributed by atoms with Crippen LogP contribution in [-0.4, -0.2) is 51.5 Å². The lowest BCUT2D eigenvalue weighted by atomic mass is 10.3. The quantitative estimate of drug-likeness (QED) is 0.640. The van der Waals surface area contributed by atoms with Gasteiger partial charge in [0.05, 0.1) is 19.3 Å². The molecule has 1 rings (SSSR count). The van der Waals surface area contributed by atoms with Crippen LogP contribution in [-0.2, 0) is 20.9 Å². The predicted octanol–water partition coefficient (Wildman–Crippen LogP) is 0.470. The highest BCUT2D eigenvalue weighted by Gasteiger charge is 2.16. The first kappa shape index (κ1) is 15.1. The van der Waals surface area contributed by atoms with Crippen molar-refractivity contribution in [3.8, 4) is 0 Å². The normalized spacial score (nSPS) is 10.2. The summed E-state index contributed by atoms with van der Waals surface area (Å²) in [5, 5.41) is 7.46. The molecule has 7 nitrogen and oxygen atoms in total. The topological polar surface area (TPSA) is 77.3 Å². The number of amides is 1. The lowest BCUT2D eigenvalue weighted by molar-refractivity contribution is -0.149. The molecule has 19 heavy (non-hydrogen) atoms. The Hall–Kier alpha value is -1.92. The lowest BCUT2D eigenvalue weighted by Crippen LogP contribution is -2.37. The van der Waals surface area contributed by atoms with E-state index in [0.29, 0.717) is 26.1 Å². The molecule has 0 N–H and O–H groups in total. The van der Waals surface area contributed by atoms with Crippen molar-refractivity contribution in [3.63, 3.8) is 0 Å². The second kappa shape index (κ2) is 8.23. The molecule has 1 aromatic heterocycles. The zero-order valence-corrected chi connectivity index (χ0v) is 11.4. The predicted molar refractivity (Wildman–Crippen MR) is 68.1 cm³/mol. The van der Waals surface area contributed by atoms with Crippen LogP contribution in [0.4, 0.5) is 0 Å². The van der Waals surface area contributed by atoms with E-state index < -0.39 is 0 Å². The van der Waals surface area contributed by atoms with Gasteiger partial charge in [-0.05, 0) is 13.3 Å².